The average molecular weight is 318 g/mol. The number of hydrogen-bond donors (Lipinski definition) is 0. The monoisotopic (exact) mass is 318 g/mol. The molecule has 0 atom stereocenters. The Morgan fingerprint density at radius 1 is 1.23 bits per heavy atom. The molecule has 0 aromatic carbocycles. The third-order valence-corrected chi connectivity index (χ3v) is 5.35. The van der Waals surface area contributed by atoms with Crippen molar-refractivity contribution in [2.45, 2.75) is 33.1 Å². The molecule has 3 heterocycles. The summed E-state index contributed by atoms with van der Waals surface area (Å²) in [5.74, 6) is 0.466. The number of thiophene rings is 1. The first-order valence-electron chi connectivity index (χ1n) is 8.02. The van der Waals surface area contributed by atoms with Gasteiger partial charge in [0.25, 0.3) is 11.8 Å². The normalized spacial score (nSPS) is 20.5. The molecule has 0 saturated carbocycles. The van der Waals surface area contributed by atoms with E-state index in [0.29, 0.717) is 23.7 Å². The van der Waals surface area contributed by atoms with Gasteiger partial charge in [-0.3, -0.25) is 14.5 Å². The molecule has 2 aliphatic rings. The Morgan fingerprint density at radius 3 is 2.55 bits per heavy atom. The van der Waals surface area contributed by atoms with Crippen LogP contribution >= 0.6 is 11.3 Å². The number of imide groups is 1. The third kappa shape index (κ3) is 2.58. The fraction of sp³-hybridized carbons (Fsp3) is 0.529. The number of amides is 2. The number of rotatable bonds is 4. The summed E-state index contributed by atoms with van der Waals surface area (Å²) in [5.41, 5.74) is 1.25. The second-order valence-corrected chi connectivity index (χ2v) is 7.08. The Balaban J connectivity index is 1.99. The number of carbonyl (C=O) groups excluding carboxylic acids is 2. The maximum atomic E-state index is 12.8. The van der Waals surface area contributed by atoms with Crippen molar-refractivity contribution in [3.63, 3.8) is 0 Å². The van der Waals surface area contributed by atoms with Gasteiger partial charge in [0.15, 0.2) is 0 Å². The maximum absolute atomic E-state index is 12.8. The van der Waals surface area contributed by atoms with Crippen molar-refractivity contribution in [1.29, 1.82) is 0 Å². The summed E-state index contributed by atoms with van der Waals surface area (Å²) < 4.78 is 0. The Labute approximate surface area is 135 Å². The molecule has 0 spiro atoms. The van der Waals surface area contributed by atoms with Crippen LogP contribution in [0.3, 0.4) is 0 Å². The molecule has 0 N–H and O–H groups in total. The van der Waals surface area contributed by atoms with E-state index in [1.165, 1.54) is 16.2 Å². The first-order chi connectivity index (χ1) is 10.6. The van der Waals surface area contributed by atoms with Crippen LogP contribution in [0.15, 0.2) is 23.2 Å². The average Bonchev–Trinajstić information content (AvgIpc) is 3.10. The molecular formula is C17H22N2O2S. The molecule has 1 aromatic rings. The molecule has 2 aliphatic heterocycles. The van der Waals surface area contributed by atoms with Gasteiger partial charge < -0.3 is 4.90 Å². The smallest absolute Gasteiger partial charge is 0.277 e. The minimum atomic E-state index is -0.122. The lowest BCUT2D eigenvalue weighted by Gasteiger charge is -2.32. The minimum Gasteiger partial charge on any atom is -0.366 e. The van der Waals surface area contributed by atoms with Gasteiger partial charge in [-0.05, 0) is 36.6 Å². The van der Waals surface area contributed by atoms with Crippen molar-refractivity contribution in [2.24, 2.45) is 5.92 Å². The van der Waals surface area contributed by atoms with Crippen LogP contribution in [0.2, 0.25) is 0 Å². The van der Waals surface area contributed by atoms with Crippen LogP contribution in [0.25, 0.3) is 5.57 Å². The third-order valence-electron chi connectivity index (χ3n) is 4.46. The summed E-state index contributed by atoms with van der Waals surface area (Å²) in [7, 11) is 0. The summed E-state index contributed by atoms with van der Waals surface area (Å²) >= 11 is 1.53. The van der Waals surface area contributed by atoms with E-state index < -0.39 is 0 Å². The highest BCUT2D eigenvalue weighted by atomic mass is 32.1. The fourth-order valence-electron chi connectivity index (χ4n) is 3.16. The number of nitrogens with zero attached hydrogens (tertiary/aromatic N) is 2. The van der Waals surface area contributed by atoms with E-state index in [9.17, 15) is 9.59 Å². The van der Waals surface area contributed by atoms with Gasteiger partial charge in [0, 0.05) is 24.5 Å². The number of hydrogen-bond acceptors (Lipinski definition) is 4. The van der Waals surface area contributed by atoms with Crippen molar-refractivity contribution in [3.8, 4) is 0 Å². The van der Waals surface area contributed by atoms with Crippen LogP contribution in [0.5, 0.6) is 0 Å². The predicted molar refractivity (Wildman–Crippen MR) is 88.2 cm³/mol. The molecular weight excluding hydrogens is 296 g/mol. The minimum absolute atomic E-state index is 0.107. The van der Waals surface area contributed by atoms with E-state index in [-0.39, 0.29) is 11.8 Å². The van der Waals surface area contributed by atoms with E-state index in [4.69, 9.17) is 0 Å². The Morgan fingerprint density at radius 2 is 1.95 bits per heavy atom. The van der Waals surface area contributed by atoms with Crippen molar-refractivity contribution in [2.75, 3.05) is 19.6 Å². The van der Waals surface area contributed by atoms with Crippen LogP contribution in [-0.4, -0.2) is 41.2 Å². The number of piperidine rings is 1. The second-order valence-electron chi connectivity index (χ2n) is 6.13. The summed E-state index contributed by atoms with van der Waals surface area (Å²) in [4.78, 5) is 30.0. The van der Waals surface area contributed by atoms with E-state index in [2.05, 4.69) is 11.8 Å². The first-order valence-corrected chi connectivity index (χ1v) is 8.90. The fourth-order valence-corrected chi connectivity index (χ4v) is 3.92. The summed E-state index contributed by atoms with van der Waals surface area (Å²) in [6, 6.07) is 3.87. The van der Waals surface area contributed by atoms with Crippen LogP contribution in [0.1, 0.15) is 38.0 Å². The van der Waals surface area contributed by atoms with Gasteiger partial charge in [-0.15, -0.1) is 11.3 Å². The molecule has 22 heavy (non-hydrogen) atoms. The van der Waals surface area contributed by atoms with Crippen LogP contribution in [-0.2, 0) is 9.59 Å². The SMILES string of the molecule is CCCN1C(=O)C(c2cccs2)=C(N2CCC(C)CC2)C1=O. The van der Waals surface area contributed by atoms with Gasteiger partial charge in [-0.2, -0.15) is 0 Å². The zero-order chi connectivity index (χ0) is 15.7. The highest BCUT2D eigenvalue weighted by molar-refractivity contribution is 7.11. The van der Waals surface area contributed by atoms with E-state index in [1.807, 2.05) is 24.4 Å². The lowest BCUT2D eigenvalue weighted by Crippen LogP contribution is -2.38. The molecule has 0 radical (unpaired) electrons. The molecule has 0 bridgehead atoms. The zero-order valence-corrected chi connectivity index (χ0v) is 14.0. The van der Waals surface area contributed by atoms with Crippen molar-refractivity contribution < 1.29 is 9.59 Å². The lowest BCUT2D eigenvalue weighted by molar-refractivity contribution is -0.137. The second kappa shape index (κ2) is 6.24. The van der Waals surface area contributed by atoms with E-state index in [0.717, 1.165) is 37.2 Å². The standard InChI is InChI=1S/C17H22N2O2S/c1-3-8-19-16(20)14(13-5-4-11-22-13)15(17(19)21)18-9-6-12(2)7-10-18/h4-5,11-12H,3,6-10H2,1-2H3. The molecule has 2 amide bonds. The van der Waals surface area contributed by atoms with Gasteiger partial charge in [0.2, 0.25) is 0 Å². The molecule has 1 saturated heterocycles. The van der Waals surface area contributed by atoms with Gasteiger partial charge in [-0.25, -0.2) is 0 Å². The maximum Gasteiger partial charge on any atom is 0.277 e. The predicted octanol–water partition coefficient (Wildman–Crippen LogP) is 2.97. The topological polar surface area (TPSA) is 40.6 Å². The highest BCUT2D eigenvalue weighted by Gasteiger charge is 2.41. The van der Waals surface area contributed by atoms with Crippen molar-refractivity contribution in [3.05, 3.63) is 28.1 Å². The first kappa shape index (κ1) is 15.3. The van der Waals surface area contributed by atoms with Crippen LogP contribution in [0.4, 0.5) is 0 Å². The molecule has 118 valence electrons. The van der Waals surface area contributed by atoms with Crippen molar-refractivity contribution in [1.82, 2.24) is 9.80 Å². The molecule has 4 nitrogen and oxygen atoms in total. The molecule has 1 fully saturated rings. The summed E-state index contributed by atoms with van der Waals surface area (Å²) in [6.07, 6.45) is 2.95. The largest absolute Gasteiger partial charge is 0.366 e. The number of carbonyl (C=O) groups is 2. The molecule has 5 heteroatoms. The summed E-state index contributed by atoms with van der Waals surface area (Å²) in [6.45, 7) is 6.47. The van der Waals surface area contributed by atoms with Gasteiger partial charge in [0.05, 0.1) is 5.57 Å². The molecule has 3 rings (SSSR count). The Bertz CT molecular complexity index is 598. The number of likely N-dealkylation sites (tertiary alicyclic amines) is 1. The van der Waals surface area contributed by atoms with Crippen molar-refractivity contribution >= 4 is 28.7 Å². The van der Waals surface area contributed by atoms with Gasteiger partial charge in [-0.1, -0.05) is 19.9 Å². The van der Waals surface area contributed by atoms with Crippen LogP contribution < -0.4 is 0 Å². The zero-order valence-electron chi connectivity index (χ0n) is 13.2. The Hall–Kier alpha value is -1.62. The van der Waals surface area contributed by atoms with E-state index in [1.54, 1.807) is 0 Å². The van der Waals surface area contributed by atoms with Gasteiger partial charge >= 0.3 is 0 Å². The van der Waals surface area contributed by atoms with E-state index >= 15 is 0 Å². The lowest BCUT2D eigenvalue weighted by atomic mass is 9.98. The molecule has 0 unspecified atom stereocenters. The highest BCUT2D eigenvalue weighted by Crippen LogP contribution is 2.35. The summed E-state index contributed by atoms with van der Waals surface area (Å²) in [5, 5.41) is 1.96. The van der Waals surface area contributed by atoms with Gasteiger partial charge in [0.1, 0.15) is 5.70 Å². The molecule has 0 aliphatic carbocycles. The quantitative estimate of drug-likeness (QED) is 0.801. The Kier molecular flexibility index (Phi) is 4.34. The van der Waals surface area contributed by atoms with Crippen LogP contribution in [0, 0.1) is 5.92 Å². The molecule has 1 aromatic heterocycles.